The first kappa shape index (κ1) is 36.1. The fraction of sp³-hybridized carbons (Fsp3) is 0.409. The van der Waals surface area contributed by atoms with Crippen molar-refractivity contribution in [2.24, 2.45) is 0 Å². The van der Waals surface area contributed by atoms with Crippen molar-refractivity contribution in [1.29, 1.82) is 0 Å². The molecule has 10 heteroatoms. The second-order valence-corrected chi connectivity index (χ2v) is 15.3. The summed E-state index contributed by atoms with van der Waals surface area (Å²) in [4.78, 5) is 27.6. The van der Waals surface area contributed by atoms with Gasteiger partial charge in [-0.05, 0) is 84.0 Å². The number of carbonyl (C=O) groups is 1. The van der Waals surface area contributed by atoms with Crippen LogP contribution in [0.5, 0.6) is 17.2 Å². The zero-order valence-electron chi connectivity index (χ0n) is 31.7. The second-order valence-electron chi connectivity index (χ2n) is 15.3. The van der Waals surface area contributed by atoms with Crippen molar-refractivity contribution in [2.75, 3.05) is 51.8 Å². The number of ether oxygens (including phenoxy) is 3. The molecule has 3 fully saturated rings. The van der Waals surface area contributed by atoms with Crippen molar-refractivity contribution in [3.05, 3.63) is 113 Å². The predicted molar refractivity (Wildman–Crippen MR) is 209 cm³/mol. The summed E-state index contributed by atoms with van der Waals surface area (Å²) < 4.78 is 31.4. The standard InChI is InChI=1S/C44H50FN5O4/c1-28(2)34-7-5-6-8-36(34)40-27-48(26-29-9-13-35(30-10-11-30)41(21-29)52-3)19-20-50(40)31-15-17-49(18-16-31)32-12-14-37(44(51)53-4)42(22-32)54-33-23-38-39(45)25-47-43(38)46-24-33/h5-9,12-14,21-25,28,30-31,40H,10-11,15-20,26-27H2,1-4H3,(H,46,47)/t40-/m0/s1. The number of nitrogens with zero attached hydrogens (tertiary/aromatic N) is 4. The first-order valence-corrected chi connectivity index (χ1v) is 19.3. The largest absolute Gasteiger partial charge is 0.496 e. The Morgan fingerprint density at radius 3 is 2.50 bits per heavy atom. The number of halogens is 1. The Kier molecular flexibility index (Phi) is 10.3. The Morgan fingerprint density at radius 2 is 1.74 bits per heavy atom. The summed E-state index contributed by atoms with van der Waals surface area (Å²) in [5.74, 6) is 1.89. The van der Waals surface area contributed by atoms with E-state index in [-0.39, 0.29) is 6.04 Å². The van der Waals surface area contributed by atoms with E-state index in [2.05, 4.69) is 81.0 Å². The van der Waals surface area contributed by atoms with Gasteiger partial charge >= 0.3 is 5.97 Å². The number of nitrogens with one attached hydrogen (secondary N) is 1. The molecule has 282 valence electrons. The maximum atomic E-state index is 14.3. The molecule has 0 unspecified atom stereocenters. The highest BCUT2D eigenvalue weighted by Crippen LogP contribution is 2.45. The third-order valence-electron chi connectivity index (χ3n) is 11.6. The van der Waals surface area contributed by atoms with Crippen LogP contribution < -0.4 is 14.4 Å². The average Bonchev–Trinajstić information content (AvgIpc) is 3.99. The highest BCUT2D eigenvalue weighted by molar-refractivity contribution is 5.93. The number of carbonyl (C=O) groups excluding carboxylic acids is 1. The Morgan fingerprint density at radius 1 is 0.926 bits per heavy atom. The molecule has 1 N–H and O–H groups in total. The molecule has 0 amide bonds. The maximum Gasteiger partial charge on any atom is 0.341 e. The minimum Gasteiger partial charge on any atom is -0.496 e. The molecular weight excluding hydrogens is 682 g/mol. The summed E-state index contributed by atoms with van der Waals surface area (Å²) in [5, 5.41) is 0.322. The lowest BCUT2D eigenvalue weighted by Gasteiger charge is -2.48. The van der Waals surface area contributed by atoms with Crippen LogP contribution in [0.25, 0.3) is 11.0 Å². The first-order valence-electron chi connectivity index (χ1n) is 19.3. The van der Waals surface area contributed by atoms with E-state index >= 15 is 0 Å². The number of pyridine rings is 1. The summed E-state index contributed by atoms with van der Waals surface area (Å²) in [6.45, 7) is 10.2. The number of rotatable bonds is 11. The zero-order valence-corrected chi connectivity index (χ0v) is 31.7. The Labute approximate surface area is 317 Å². The van der Waals surface area contributed by atoms with Crippen LogP contribution in [0.4, 0.5) is 10.1 Å². The minimum absolute atomic E-state index is 0.289. The number of hydrogen-bond donors (Lipinski definition) is 1. The summed E-state index contributed by atoms with van der Waals surface area (Å²) >= 11 is 0. The van der Waals surface area contributed by atoms with Gasteiger partial charge in [0.2, 0.25) is 0 Å². The lowest BCUT2D eigenvalue weighted by atomic mass is 9.88. The fourth-order valence-corrected chi connectivity index (χ4v) is 8.56. The van der Waals surface area contributed by atoms with Gasteiger partial charge in [0.15, 0.2) is 0 Å². The molecule has 9 nitrogen and oxygen atoms in total. The lowest BCUT2D eigenvalue weighted by Crippen LogP contribution is -2.54. The molecule has 5 aromatic rings. The number of anilines is 1. The number of methoxy groups -OCH3 is 2. The van der Waals surface area contributed by atoms with Crippen LogP contribution in [-0.4, -0.2) is 78.7 Å². The Hall–Kier alpha value is -4.93. The van der Waals surface area contributed by atoms with Crippen LogP contribution >= 0.6 is 0 Å². The molecule has 1 aliphatic carbocycles. The molecule has 1 saturated carbocycles. The van der Waals surface area contributed by atoms with Crippen LogP contribution in [0.3, 0.4) is 0 Å². The van der Waals surface area contributed by atoms with Gasteiger partial charge in [-0.15, -0.1) is 0 Å². The number of benzene rings is 3. The van der Waals surface area contributed by atoms with Gasteiger partial charge in [-0.3, -0.25) is 9.80 Å². The van der Waals surface area contributed by atoms with Gasteiger partial charge in [0.1, 0.15) is 34.3 Å². The number of H-pyrrole nitrogens is 1. The number of hydrogen-bond acceptors (Lipinski definition) is 8. The number of fused-ring (bicyclic) bond motifs is 1. The molecule has 2 saturated heterocycles. The fourth-order valence-electron chi connectivity index (χ4n) is 8.56. The molecule has 8 rings (SSSR count). The Bertz CT molecular complexity index is 2120. The monoisotopic (exact) mass is 731 g/mol. The van der Waals surface area contributed by atoms with E-state index in [1.807, 2.05) is 12.1 Å². The molecule has 54 heavy (non-hydrogen) atoms. The smallest absolute Gasteiger partial charge is 0.341 e. The highest BCUT2D eigenvalue weighted by Gasteiger charge is 2.36. The number of aromatic nitrogens is 2. The number of piperazine rings is 1. The van der Waals surface area contributed by atoms with Crippen LogP contribution in [-0.2, 0) is 11.3 Å². The molecule has 0 radical (unpaired) electrons. The number of piperidine rings is 1. The molecule has 1 atom stereocenters. The summed E-state index contributed by atoms with van der Waals surface area (Å²) in [7, 11) is 3.15. The summed E-state index contributed by atoms with van der Waals surface area (Å²) in [6, 6.07) is 23.8. The van der Waals surface area contributed by atoms with E-state index in [0.29, 0.717) is 46.0 Å². The molecule has 0 spiro atoms. The van der Waals surface area contributed by atoms with Gasteiger partial charge in [0, 0.05) is 69.3 Å². The normalized spacial score (nSPS) is 18.7. The quantitative estimate of drug-likeness (QED) is 0.135. The number of esters is 1. The average molecular weight is 732 g/mol. The van der Waals surface area contributed by atoms with Gasteiger partial charge in [-0.2, -0.15) is 0 Å². The van der Waals surface area contributed by atoms with E-state index < -0.39 is 11.8 Å². The first-order chi connectivity index (χ1) is 26.3. The lowest BCUT2D eigenvalue weighted by molar-refractivity contribution is 0.0271. The van der Waals surface area contributed by atoms with Crippen molar-refractivity contribution in [3.63, 3.8) is 0 Å². The van der Waals surface area contributed by atoms with E-state index in [1.165, 1.54) is 54.6 Å². The van der Waals surface area contributed by atoms with Crippen molar-refractivity contribution >= 4 is 22.7 Å². The van der Waals surface area contributed by atoms with Gasteiger partial charge in [0.25, 0.3) is 0 Å². The molecular formula is C44H50FN5O4. The van der Waals surface area contributed by atoms with Crippen molar-refractivity contribution in [2.45, 2.75) is 70.0 Å². The minimum atomic E-state index is -0.501. The summed E-state index contributed by atoms with van der Waals surface area (Å²) in [6.07, 6.45) is 7.34. The van der Waals surface area contributed by atoms with E-state index in [9.17, 15) is 9.18 Å². The molecule has 3 aromatic carbocycles. The third-order valence-corrected chi connectivity index (χ3v) is 11.6. The van der Waals surface area contributed by atoms with Crippen molar-refractivity contribution in [3.8, 4) is 17.2 Å². The van der Waals surface area contributed by atoms with Crippen molar-refractivity contribution < 1.29 is 23.4 Å². The van der Waals surface area contributed by atoms with E-state index in [1.54, 1.807) is 19.2 Å². The Balaban J connectivity index is 0.999. The third kappa shape index (κ3) is 7.42. The number of aromatic amines is 1. The van der Waals surface area contributed by atoms with Crippen LogP contribution in [0.2, 0.25) is 0 Å². The molecule has 2 aromatic heterocycles. The van der Waals surface area contributed by atoms with E-state index in [4.69, 9.17) is 14.2 Å². The maximum absolute atomic E-state index is 14.3. The van der Waals surface area contributed by atoms with Gasteiger partial charge in [-0.25, -0.2) is 14.2 Å². The van der Waals surface area contributed by atoms with E-state index in [0.717, 1.165) is 63.5 Å². The van der Waals surface area contributed by atoms with Gasteiger partial charge in [-0.1, -0.05) is 50.2 Å². The molecule has 3 aliphatic rings. The van der Waals surface area contributed by atoms with Crippen LogP contribution in [0, 0.1) is 5.82 Å². The molecule has 2 aliphatic heterocycles. The molecule has 0 bridgehead atoms. The van der Waals surface area contributed by atoms with Crippen LogP contribution in [0.15, 0.2) is 79.1 Å². The van der Waals surface area contributed by atoms with Gasteiger partial charge in [0.05, 0.1) is 25.8 Å². The predicted octanol–water partition coefficient (Wildman–Crippen LogP) is 8.82. The zero-order chi connectivity index (χ0) is 37.3. The van der Waals surface area contributed by atoms with Crippen LogP contribution in [0.1, 0.15) is 90.0 Å². The molecule has 4 heterocycles. The SMILES string of the molecule is COC(=O)c1ccc(N2CCC(N3CCN(Cc4ccc(C5CC5)c(OC)c4)C[C@H]3c3ccccc3C(C)C)CC2)cc1Oc1cnc2[nH]cc(F)c2c1. The van der Waals surface area contributed by atoms with Gasteiger partial charge < -0.3 is 24.1 Å². The summed E-state index contributed by atoms with van der Waals surface area (Å²) in [5.41, 5.74) is 7.22. The second kappa shape index (κ2) is 15.4. The highest BCUT2D eigenvalue weighted by atomic mass is 19.1. The van der Waals surface area contributed by atoms with Crippen molar-refractivity contribution in [1.82, 2.24) is 19.8 Å². The topological polar surface area (TPSA) is 83.2 Å².